The van der Waals surface area contributed by atoms with E-state index < -0.39 is 7.12 Å². The van der Waals surface area contributed by atoms with Crippen molar-refractivity contribution < 1.29 is 10.0 Å². The molecule has 0 rings (SSSR count). The molecule has 5 heteroatoms. The molecule has 0 amide bonds. The maximum absolute atomic E-state index is 8.58. The molecule has 0 aromatic carbocycles. The smallest absolute Gasteiger partial charge is 0.423 e. The molecule has 0 heterocycles. The fourth-order valence-electron chi connectivity index (χ4n) is 0.421. The molecule has 0 aromatic rings. The van der Waals surface area contributed by atoms with E-state index in [0.717, 1.165) is 0 Å². The summed E-state index contributed by atoms with van der Waals surface area (Å²) in [6.07, 6.45) is 2.54. The van der Waals surface area contributed by atoms with Gasteiger partial charge in [0.15, 0.2) is 0 Å². The van der Waals surface area contributed by atoms with Crippen LogP contribution in [0.4, 0.5) is 0 Å². The van der Waals surface area contributed by atoms with Gasteiger partial charge in [0.25, 0.3) is 0 Å². The molecule has 4 nitrogen and oxygen atoms in total. The predicted octanol–water partition coefficient (Wildman–Crippen LogP) is -0.717. The molecule has 0 spiro atoms. The number of allylic oxidation sites excluding steroid dienone is 1. The highest BCUT2D eigenvalue weighted by Crippen LogP contribution is 1.91. The predicted molar refractivity (Wildman–Crippen MR) is 42.2 cm³/mol. The lowest BCUT2D eigenvalue weighted by atomic mass is 9.81. The van der Waals surface area contributed by atoms with Gasteiger partial charge in [-0.05, 0) is 6.72 Å². The molecule has 0 atom stereocenters. The van der Waals surface area contributed by atoms with Crippen molar-refractivity contribution in [1.82, 2.24) is 0 Å². The summed E-state index contributed by atoms with van der Waals surface area (Å²) < 4.78 is 0. The fourth-order valence-corrected chi connectivity index (χ4v) is 0.421. The van der Waals surface area contributed by atoms with Crippen LogP contribution >= 0.6 is 0 Å². The summed E-state index contributed by atoms with van der Waals surface area (Å²) in [6.45, 7) is 3.15. The molecule has 0 bridgehead atoms. The highest BCUT2D eigenvalue weighted by Gasteiger charge is 2.10. The van der Waals surface area contributed by atoms with E-state index in [1.54, 1.807) is 0 Å². The largest absolute Gasteiger partial charge is 0.491 e. The SMILES string of the molecule is C=N/C=C(\C=N/C)B(O)O. The highest BCUT2D eigenvalue weighted by atomic mass is 16.4. The maximum atomic E-state index is 8.58. The van der Waals surface area contributed by atoms with Gasteiger partial charge in [-0.15, -0.1) is 0 Å². The monoisotopic (exact) mass is 140 g/mol. The van der Waals surface area contributed by atoms with Crippen molar-refractivity contribution in [2.24, 2.45) is 9.98 Å². The van der Waals surface area contributed by atoms with Crippen molar-refractivity contribution in [2.45, 2.75) is 0 Å². The summed E-state index contributed by atoms with van der Waals surface area (Å²) in [6, 6.07) is 0. The highest BCUT2D eigenvalue weighted by molar-refractivity contribution is 6.56. The first-order valence-electron chi connectivity index (χ1n) is 2.66. The Labute approximate surface area is 59.8 Å². The second-order valence-electron chi connectivity index (χ2n) is 1.57. The fraction of sp³-hybridized carbons (Fsp3) is 0.200. The quantitative estimate of drug-likeness (QED) is 0.401. The first-order valence-corrected chi connectivity index (χ1v) is 2.66. The Balaban J connectivity index is 4.25. The lowest BCUT2D eigenvalue weighted by molar-refractivity contribution is 0.422. The minimum absolute atomic E-state index is 0.220. The van der Waals surface area contributed by atoms with Crippen LogP contribution in [-0.4, -0.2) is 37.1 Å². The van der Waals surface area contributed by atoms with E-state index in [0.29, 0.717) is 0 Å². The molecule has 0 saturated carbocycles. The molecule has 10 heavy (non-hydrogen) atoms. The molecule has 54 valence electrons. The van der Waals surface area contributed by atoms with Gasteiger partial charge in [0.1, 0.15) is 0 Å². The van der Waals surface area contributed by atoms with Gasteiger partial charge in [0.05, 0.1) is 0 Å². The van der Waals surface area contributed by atoms with E-state index >= 15 is 0 Å². The van der Waals surface area contributed by atoms with Crippen LogP contribution in [0.25, 0.3) is 0 Å². The van der Waals surface area contributed by atoms with Crippen molar-refractivity contribution in [3.8, 4) is 0 Å². The van der Waals surface area contributed by atoms with Crippen LogP contribution in [0.3, 0.4) is 0 Å². The molecule has 0 aliphatic heterocycles. The summed E-state index contributed by atoms with van der Waals surface area (Å²) in [5.74, 6) is 0. The molecule has 0 aliphatic rings. The van der Waals surface area contributed by atoms with Crippen molar-refractivity contribution in [2.75, 3.05) is 7.05 Å². The van der Waals surface area contributed by atoms with E-state index in [9.17, 15) is 0 Å². The zero-order valence-electron chi connectivity index (χ0n) is 5.73. The van der Waals surface area contributed by atoms with Gasteiger partial charge in [-0.25, -0.2) is 0 Å². The average molecular weight is 140 g/mol. The van der Waals surface area contributed by atoms with Crippen LogP contribution in [0.15, 0.2) is 21.7 Å². The molecule has 0 unspecified atom stereocenters. The second kappa shape index (κ2) is 4.90. The van der Waals surface area contributed by atoms with Crippen LogP contribution in [0.1, 0.15) is 0 Å². The molecular weight excluding hydrogens is 131 g/mol. The third-order valence-electron chi connectivity index (χ3n) is 0.817. The number of rotatable bonds is 3. The molecule has 0 radical (unpaired) electrons. The van der Waals surface area contributed by atoms with Gasteiger partial charge in [-0.3, -0.25) is 9.98 Å². The zero-order chi connectivity index (χ0) is 7.98. The average Bonchev–Trinajstić information content (AvgIpc) is 1.87. The summed E-state index contributed by atoms with van der Waals surface area (Å²) in [4.78, 5) is 6.93. The number of nitrogens with zero attached hydrogens (tertiary/aromatic N) is 2. The van der Waals surface area contributed by atoms with Crippen LogP contribution in [0, 0.1) is 0 Å². The van der Waals surface area contributed by atoms with Gasteiger partial charge < -0.3 is 10.0 Å². The van der Waals surface area contributed by atoms with Gasteiger partial charge in [-0.1, -0.05) is 0 Å². The third-order valence-corrected chi connectivity index (χ3v) is 0.817. The van der Waals surface area contributed by atoms with E-state index in [2.05, 4.69) is 16.7 Å². The molecule has 2 N–H and O–H groups in total. The topological polar surface area (TPSA) is 65.2 Å². The van der Waals surface area contributed by atoms with Crippen LogP contribution in [0.5, 0.6) is 0 Å². The van der Waals surface area contributed by atoms with E-state index in [1.807, 2.05) is 0 Å². The number of hydrogen-bond donors (Lipinski definition) is 2. The van der Waals surface area contributed by atoms with E-state index in [1.165, 1.54) is 19.5 Å². The third kappa shape index (κ3) is 3.16. The Kier molecular flexibility index (Phi) is 4.44. The summed E-state index contributed by atoms with van der Waals surface area (Å²) in [7, 11) is -0.00606. The number of aliphatic imine (C=N–C) groups is 2. The van der Waals surface area contributed by atoms with Crippen LogP contribution < -0.4 is 0 Å². The summed E-state index contributed by atoms with van der Waals surface area (Å²) in [5.41, 5.74) is 0.220. The Morgan fingerprint density at radius 2 is 2.20 bits per heavy atom. The first kappa shape index (κ1) is 9.06. The van der Waals surface area contributed by atoms with Crippen LogP contribution in [-0.2, 0) is 0 Å². The summed E-state index contributed by atoms with van der Waals surface area (Å²) in [5, 5.41) is 17.2. The Morgan fingerprint density at radius 3 is 2.50 bits per heavy atom. The molecule has 0 aromatic heterocycles. The maximum Gasteiger partial charge on any atom is 0.491 e. The van der Waals surface area contributed by atoms with Gasteiger partial charge in [0, 0.05) is 24.9 Å². The van der Waals surface area contributed by atoms with Gasteiger partial charge in [0.2, 0.25) is 0 Å². The zero-order valence-corrected chi connectivity index (χ0v) is 5.73. The lowest BCUT2D eigenvalue weighted by Crippen LogP contribution is -2.16. The second-order valence-corrected chi connectivity index (χ2v) is 1.57. The van der Waals surface area contributed by atoms with Crippen molar-refractivity contribution >= 4 is 20.1 Å². The van der Waals surface area contributed by atoms with E-state index in [4.69, 9.17) is 10.0 Å². The minimum atomic E-state index is -1.53. The Hall–Kier alpha value is -0.935. The molecule has 0 fully saturated rings. The van der Waals surface area contributed by atoms with Gasteiger partial charge >= 0.3 is 7.12 Å². The van der Waals surface area contributed by atoms with Crippen molar-refractivity contribution in [3.05, 3.63) is 11.7 Å². The minimum Gasteiger partial charge on any atom is -0.423 e. The molecule has 0 aliphatic carbocycles. The van der Waals surface area contributed by atoms with E-state index in [-0.39, 0.29) is 5.47 Å². The summed E-state index contributed by atoms with van der Waals surface area (Å²) >= 11 is 0. The first-order chi connectivity index (χ1) is 4.72. The van der Waals surface area contributed by atoms with Gasteiger partial charge in [-0.2, -0.15) is 0 Å². The van der Waals surface area contributed by atoms with Crippen molar-refractivity contribution in [1.29, 1.82) is 0 Å². The normalized spacial score (nSPS) is 12.1. The lowest BCUT2D eigenvalue weighted by Gasteiger charge is -1.94. The standard InChI is InChI=1S/C5H9BN2O2/c1-7-3-5(4-8-2)6(9)10/h3-4,9-10H,1H2,2H3/b5-3+,8-4-. The number of hydrogen-bond acceptors (Lipinski definition) is 4. The molecule has 0 saturated heterocycles. The Bertz CT molecular complexity index is 165. The van der Waals surface area contributed by atoms with Crippen LogP contribution in [0.2, 0.25) is 0 Å². The Morgan fingerprint density at radius 1 is 1.60 bits per heavy atom. The molecular formula is C5H9BN2O2. The van der Waals surface area contributed by atoms with Crippen molar-refractivity contribution in [3.63, 3.8) is 0 Å².